The van der Waals surface area contributed by atoms with E-state index in [4.69, 9.17) is 5.73 Å². The molecule has 1 aliphatic rings. The maximum atomic E-state index is 13.7. The van der Waals surface area contributed by atoms with Crippen LogP contribution < -0.4 is 10.6 Å². The van der Waals surface area contributed by atoms with Gasteiger partial charge in [-0.05, 0) is 38.0 Å². The van der Waals surface area contributed by atoms with Crippen molar-refractivity contribution >= 4 is 28.8 Å². The molecule has 0 spiro atoms. The van der Waals surface area contributed by atoms with E-state index in [0.29, 0.717) is 24.2 Å². The predicted octanol–water partition coefficient (Wildman–Crippen LogP) is 3.53. The first-order valence-corrected chi connectivity index (χ1v) is 10.8. The van der Waals surface area contributed by atoms with Crippen LogP contribution in [0.4, 0.5) is 24.7 Å². The van der Waals surface area contributed by atoms with Crippen molar-refractivity contribution in [2.24, 2.45) is 0 Å². The van der Waals surface area contributed by atoms with Crippen LogP contribution in [0.5, 0.6) is 0 Å². The van der Waals surface area contributed by atoms with Crippen LogP contribution in [0.3, 0.4) is 0 Å². The third kappa shape index (κ3) is 3.64. The van der Waals surface area contributed by atoms with Crippen LogP contribution in [0.25, 0.3) is 16.8 Å². The molecule has 0 radical (unpaired) electrons. The average Bonchev–Trinajstić information content (AvgIpc) is 3.16. The third-order valence-electron chi connectivity index (χ3n) is 6.31. The Morgan fingerprint density at radius 1 is 1.21 bits per heavy atom. The molecule has 0 bridgehead atoms. The van der Waals surface area contributed by atoms with Crippen molar-refractivity contribution in [3.05, 3.63) is 41.7 Å². The fraction of sp³-hybridized carbons (Fsp3) is 0.391. The lowest BCUT2D eigenvalue weighted by molar-refractivity contribution is -0.145. The third-order valence-corrected chi connectivity index (χ3v) is 6.31. The van der Waals surface area contributed by atoms with E-state index < -0.39 is 17.3 Å². The van der Waals surface area contributed by atoms with E-state index in [1.807, 2.05) is 6.92 Å². The summed E-state index contributed by atoms with van der Waals surface area (Å²) >= 11 is 0. The first kappa shape index (κ1) is 23.5. The zero-order valence-corrected chi connectivity index (χ0v) is 19.3. The van der Waals surface area contributed by atoms with Gasteiger partial charge < -0.3 is 15.5 Å². The van der Waals surface area contributed by atoms with Gasteiger partial charge in [0, 0.05) is 31.3 Å². The van der Waals surface area contributed by atoms with Crippen molar-refractivity contribution in [1.82, 2.24) is 19.5 Å². The van der Waals surface area contributed by atoms with Crippen molar-refractivity contribution in [1.29, 1.82) is 0 Å². The number of aryl methyl sites for hydroxylation is 1. The molecule has 8 nitrogen and oxygen atoms in total. The van der Waals surface area contributed by atoms with Crippen LogP contribution in [0.1, 0.15) is 38.8 Å². The normalized spacial score (nSPS) is 16.4. The Morgan fingerprint density at radius 2 is 1.91 bits per heavy atom. The molecule has 0 saturated carbocycles. The highest BCUT2D eigenvalue weighted by Gasteiger charge is 2.44. The second kappa shape index (κ2) is 8.00. The molecule has 2 aromatic heterocycles. The molecule has 3 aromatic rings. The maximum absolute atomic E-state index is 13.7. The quantitative estimate of drug-likeness (QED) is 0.627. The minimum absolute atomic E-state index is 0.175. The monoisotopic (exact) mass is 474 g/mol. The lowest BCUT2D eigenvalue weighted by Gasteiger charge is -2.46. The number of halogens is 3. The Hall–Kier alpha value is -3.63. The number of carbonyl (C=O) groups is 2. The summed E-state index contributed by atoms with van der Waals surface area (Å²) in [7, 11) is 0. The van der Waals surface area contributed by atoms with Crippen LogP contribution in [0.2, 0.25) is 0 Å². The van der Waals surface area contributed by atoms with E-state index in [2.05, 4.69) is 10.1 Å². The van der Waals surface area contributed by atoms with Crippen LogP contribution >= 0.6 is 0 Å². The first-order chi connectivity index (χ1) is 15.9. The van der Waals surface area contributed by atoms with Gasteiger partial charge in [-0.15, -0.1) is 0 Å². The van der Waals surface area contributed by atoms with Crippen molar-refractivity contribution in [3.8, 4) is 11.3 Å². The van der Waals surface area contributed by atoms with Crippen LogP contribution in [0.15, 0.2) is 30.6 Å². The van der Waals surface area contributed by atoms with Gasteiger partial charge >= 0.3 is 6.18 Å². The molecule has 1 fully saturated rings. The highest BCUT2D eigenvalue weighted by Crippen LogP contribution is 2.40. The summed E-state index contributed by atoms with van der Waals surface area (Å²) in [6.07, 6.45) is -2.95. The van der Waals surface area contributed by atoms with Crippen molar-refractivity contribution in [3.63, 3.8) is 0 Å². The largest absolute Gasteiger partial charge is 0.418 e. The number of carbonyl (C=O) groups excluding carboxylic acids is 2. The number of piperazine rings is 1. The zero-order chi connectivity index (χ0) is 25.0. The summed E-state index contributed by atoms with van der Waals surface area (Å²) in [6, 6.07) is 6.17. The van der Waals surface area contributed by atoms with Gasteiger partial charge in [-0.1, -0.05) is 19.1 Å². The highest BCUT2D eigenvalue weighted by atomic mass is 19.4. The molecule has 1 aliphatic heterocycles. The second-order valence-corrected chi connectivity index (χ2v) is 8.73. The Labute approximate surface area is 194 Å². The molecule has 1 saturated heterocycles. The molecule has 1 aromatic carbocycles. The number of alkyl halides is 3. The molecular weight excluding hydrogens is 449 g/mol. The van der Waals surface area contributed by atoms with Gasteiger partial charge in [0.05, 0.1) is 11.3 Å². The molecule has 11 heteroatoms. The van der Waals surface area contributed by atoms with E-state index in [1.165, 1.54) is 11.8 Å². The Bertz CT molecular complexity index is 1300. The van der Waals surface area contributed by atoms with E-state index in [-0.39, 0.29) is 35.4 Å². The van der Waals surface area contributed by atoms with Gasteiger partial charge in [0.1, 0.15) is 17.4 Å². The van der Waals surface area contributed by atoms with E-state index in [9.17, 15) is 22.8 Å². The summed E-state index contributed by atoms with van der Waals surface area (Å²) in [5.41, 5.74) is 5.51. The van der Waals surface area contributed by atoms with Crippen LogP contribution in [-0.2, 0) is 22.2 Å². The minimum atomic E-state index is -4.66. The van der Waals surface area contributed by atoms with Crippen molar-refractivity contribution in [2.75, 3.05) is 23.7 Å². The molecule has 0 atom stereocenters. The number of nitrogens with zero attached hydrogens (tertiary/aromatic N) is 5. The number of nitrogen functional groups attached to an aromatic ring is 1. The van der Waals surface area contributed by atoms with Crippen molar-refractivity contribution < 1.29 is 22.8 Å². The van der Waals surface area contributed by atoms with Gasteiger partial charge in [-0.2, -0.15) is 18.3 Å². The number of hydrogen-bond acceptors (Lipinski definition) is 5. The molecule has 2 N–H and O–H groups in total. The fourth-order valence-corrected chi connectivity index (χ4v) is 4.57. The number of nitrogens with two attached hydrogens (primary N) is 1. The molecule has 3 heterocycles. The predicted molar refractivity (Wildman–Crippen MR) is 121 cm³/mol. The van der Waals surface area contributed by atoms with Gasteiger partial charge in [0.2, 0.25) is 5.91 Å². The molecule has 0 unspecified atom stereocenters. The number of rotatable bonds is 3. The van der Waals surface area contributed by atoms with E-state index in [1.54, 1.807) is 36.9 Å². The van der Waals surface area contributed by atoms with Gasteiger partial charge in [-0.3, -0.25) is 9.59 Å². The Morgan fingerprint density at radius 3 is 2.53 bits per heavy atom. The Balaban J connectivity index is 1.87. The second-order valence-electron chi connectivity index (χ2n) is 8.73. The molecular formula is C23H25F3N6O2. The maximum Gasteiger partial charge on any atom is 0.418 e. The Kier molecular flexibility index (Phi) is 5.53. The van der Waals surface area contributed by atoms with Crippen molar-refractivity contribution in [2.45, 2.75) is 45.8 Å². The summed E-state index contributed by atoms with van der Waals surface area (Å²) in [5.74, 6) is -0.737. The molecule has 180 valence electrons. The lowest BCUT2D eigenvalue weighted by Crippen LogP contribution is -2.64. The minimum Gasteiger partial charge on any atom is -0.382 e. The number of benzene rings is 1. The molecule has 4 rings (SSSR count). The average molecular weight is 474 g/mol. The molecule has 2 amide bonds. The van der Waals surface area contributed by atoms with Gasteiger partial charge in [0.15, 0.2) is 5.82 Å². The first-order valence-electron chi connectivity index (χ1n) is 10.8. The molecule has 34 heavy (non-hydrogen) atoms. The van der Waals surface area contributed by atoms with E-state index >= 15 is 0 Å². The number of aromatic nitrogens is 3. The number of hydrogen-bond donors (Lipinski definition) is 1. The number of fused-ring (bicyclic) bond motifs is 1. The van der Waals surface area contributed by atoms with Crippen LogP contribution in [-0.4, -0.2) is 49.9 Å². The molecule has 0 aliphatic carbocycles. The van der Waals surface area contributed by atoms with Gasteiger partial charge in [0.25, 0.3) is 5.91 Å². The lowest BCUT2D eigenvalue weighted by atomic mass is 9.95. The highest BCUT2D eigenvalue weighted by molar-refractivity contribution is 6.03. The topological polar surface area (TPSA) is 96.8 Å². The zero-order valence-electron chi connectivity index (χ0n) is 19.3. The summed E-state index contributed by atoms with van der Waals surface area (Å²) in [5, 5.41) is 4.01. The summed E-state index contributed by atoms with van der Waals surface area (Å²) < 4.78 is 42.4. The number of anilines is 2. The standard InChI is InChI=1S/C23H25F3N6O2/c1-5-14-6-7-15(10-17(14)30-8-9-31(13(2)33)22(3,4)21(30)34)18-11-16(23(24,25)26)19-20(27)28-12-29-32(18)19/h6-7,10-12H,5,8-9H2,1-4H3,(H2,27,28,29). The number of amides is 2. The van der Waals surface area contributed by atoms with E-state index in [0.717, 1.165) is 22.5 Å². The fourth-order valence-electron chi connectivity index (χ4n) is 4.57. The summed E-state index contributed by atoms with van der Waals surface area (Å²) in [4.78, 5) is 32.3. The van der Waals surface area contributed by atoms with Gasteiger partial charge in [-0.25, -0.2) is 9.50 Å². The smallest absolute Gasteiger partial charge is 0.382 e. The SMILES string of the molecule is CCc1ccc(-c2cc(C(F)(F)F)c3c(N)ncnn23)cc1N1CCN(C(C)=O)C(C)(C)C1=O. The summed E-state index contributed by atoms with van der Waals surface area (Å²) in [6.45, 7) is 7.35. The van der Waals surface area contributed by atoms with Crippen LogP contribution in [0, 0.1) is 0 Å².